The fraction of sp³-hybridized carbons (Fsp3) is 0.409. The van der Waals surface area contributed by atoms with Crippen LogP contribution < -0.4 is 10.1 Å². The summed E-state index contributed by atoms with van der Waals surface area (Å²) in [6.07, 6.45) is 2.10. The lowest BCUT2D eigenvalue weighted by Crippen LogP contribution is -2.46. The summed E-state index contributed by atoms with van der Waals surface area (Å²) in [5.41, 5.74) is 1.01. The number of benzene rings is 2. The van der Waals surface area contributed by atoms with E-state index in [1.807, 2.05) is 31.2 Å². The summed E-state index contributed by atoms with van der Waals surface area (Å²) in [7, 11) is -1.97. The molecule has 0 bridgehead atoms. The van der Waals surface area contributed by atoms with E-state index in [2.05, 4.69) is 5.32 Å². The molecule has 0 radical (unpaired) electrons. The van der Waals surface area contributed by atoms with Crippen LogP contribution in [0.3, 0.4) is 0 Å². The van der Waals surface area contributed by atoms with Gasteiger partial charge in [0.25, 0.3) is 0 Å². The number of carbonyl (C=O) groups is 1. The minimum Gasteiger partial charge on any atom is -0.497 e. The first-order chi connectivity index (χ1) is 14.0. The van der Waals surface area contributed by atoms with E-state index in [0.717, 1.165) is 17.7 Å². The van der Waals surface area contributed by atoms with Gasteiger partial charge in [-0.1, -0.05) is 37.3 Å². The van der Waals surface area contributed by atoms with Gasteiger partial charge in [-0.3, -0.25) is 4.79 Å². The van der Waals surface area contributed by atoms with Gasteiger partial charge < -0.3 is 10.1 Å². The number of piperidine rings is 1. The predicted octanol–water partition coefficient (Wildman–Crippen LogP) is 3.36. The number of methoxy groups -OCH3 is 1. The van der Waals surface area contributed by atoms with Gasteiger partial charge in [0.2, 0.25) is 15.9 Å². The Hall–Kier alpha value is -2.38. The molecule has 2 aromatic carbocycles. The topological polar surface area (TPSA) is 75.7 Å². The van der Waals surface area contributed by atoms with Crippen LogP contribution in [0, 0.1) is 5.92 Å². The molecule has 6 nitrogen and oxygen atoms in total. The van der Waals surface area contributed by atoms with Crippen molar-refractivity contribution < 1.29 is 17.9 Å². The second kappa shape index (κ2) is 9.41. The van der Waals surface area contributed by atoms with E-state index in [1.165, 1.54) is 4.31 Å². The molecule has 2 atom stereocenters. The van der Waals surface area contributed by atoms with Gasteiger partial charge in [-0.05, 0) is 49.1 Å². The number of rotatable bonds is 7. The lowest BCUT2D eigenvalue weighted by molar-refractivity contribution is -0.126. The molecule has 1 aliphatic heterocycles. The predicted molar refractivity (Wildman–Crippen MR) is 112 cm³/mol. The molecule has 1 N–H and O–H groups in total. The molecule has 2 aromatic rings. The quantitative estimate of drug-likeness (QED) is 0.751. The zero-order valence-electron chi connectivity index (χ0n) is 16.9. The molecule has 1 heterocycles. The minimum absolute atomic E-state index is 0.0966. The first kappa shape index (κ1) is 21.3. The van der Waals surface area contributed by atoms with Crippen molar-refractivity contribution in [3.63, 3.8) is 0 Å². The highest BCUT2D eigenvalue weighted by atomic mass is 32.2. The monoisotopic (exact) mass is 416 g/mol. The highest BCUT2D eigenvalue weighted by Gasteiger charge is 2.33. The van der Waals surface area contributed by atoms with Crippen LogP contribution in [0.2, 0.25) is 0 Å². The molecule has 0 saturated carbocycles. The van der Waals surface area contributed by atoms with Crippen molar-refractivity contribution in [2.24, 2.45) is 5.92 Å². The van der Waals surface area contributed by atoms with Gasteiger partial charge in [-0.25, -0.2) is 8.42 Å². The Morgan fingerprint density at radius 1 is 1.17 bits per heavy atom. The van der Waals surface area contributed by atoms with Crippen molar-refractivity contribution in [2.45, 2.75) is 37.1 Å². The Morgan fingerprint density at radius 3 is 2.48 bits per heavy atom. The average molecular weight is 417 g/mol. The Kier molecular flexibility index (Phi) is 6.92. The van der Waals surface area contributed by atoms with Gasteiger partial charge in [0, 0.05) is 13.1 Å². The Labute approximate surface area is 172 Å². The molecular weight excluding hydrogens is 388 g/mol. The summed E-state index contributed by atoms with van der Waals surface area (Å²) in [6.45, 7) is 2.67. The smallest absolute Gasteiger partial charge is 0.243 e. The van der Waals surface area contributed by atoms with E-state index in [4.69, 9.17) is 4.74 Å². The van der Waals surface area contributed by atoms with Crippen molar-refractivity contribution in [2.75, 3.05) is 20.2 Å². The normalized spacial score (nSPS) is 18.8. The zero-order chi connectivity index (χ0) is 20.9. The fourth-order valence-corrected chi connectivity index (χ4v) is 5.21. The molecule has 29 heavy (non-hydrogen) atoms. The molecule has 156 valence electrons. The van der Waals surface area contributed by atoms with Crippen molar-refractivity contribution in [1.29, 1.82) is 0 Å². The van der Waals surface area contributed by atoms with E-state index < -0.39 is 10.0 Å². The van der Waals surface area contributed by atoms with Crippen molar-refractivity contribution in [1.82, 2.24) is 9.62 Å². The van der Waals surface area contributed by atoms with Crippen LogP contribution in [0.1, 0.15) is 37.8 Å². The molecule has 0 aliphatic carbocycles. The maximum absolute atomic E-state index is 12.9. The highest BCUT2D eigenvalue weighted by molar-refractivity contribution is 7.89. The third-order valence-electron chi connectivity index (χ3n) is 5.38. The van der Waals surface area contributed by atoms with Crippen LogP contribution in [0.4, 0.5) is 0 Å². The zero-order valence-corrected chi connectivity index (χ0v) is 17.7. The molecule has 1 amide bonds. The van der Waals surface area contributed by atoms with E-state index in [9.17, 15) is 13.2 Å². The number of ether oxygens (including phenoxy) is 1. The van der Waals surface area contributed by atoms with Crippen LogP contribution in [0.5, 0.6) is 5.75 Å². The summed E-state index contributed by atoms with van der Waals surface area (Å²) >= 11 is 0. The van der Waals surface area contributed by atoms with Gasteiger partial charge in [-0.2, -0.15) is 4.31 Å². The number of hydrogen-bond acceptors (Lipinski definition) is 4. The summed E-state index contributed by atoms with van der Waals surface area (Å²) in [5, 5.41) is 3.10. The van der Waals surface area contributed by atoms with E-state index >= 15 is 0 Å². The van der Waals surface area contributed by atoms with Crippen LogP contribution in [-0.2, 0) is 14.8 Å². The second-order valence-electron chi connectivity index (χ2n) is 7.26. The van der Waals surface area contributed by atoms with Crippen LogP contribution in [0.25, 0.3) is 0 Å². The highest BCUT2D eigenvalue weighted by Crippen LogP contribution is 2.26. The number of sulfonamides is 1. The van der Waals surface area contributed by atoms with Crippen molar-refractivity contribution in [3.8, 4) is 5.75 Å². The van der Waals surface area contributed by atoms with E-state index in [0.29, 0.717) is 19.4 Å². The third-order valence-corrected chi connectivity index (χ3v) is 7.26. The van der Waals surface area contributed by atoms with Crippen molar-refractivity contribution in [3.05, 3.63) is 60.2 Å². The SMILES string of the molecule is CC[C@@H](NC(=O)[C@@H]1CCCN(S(=O)(=O)c2ccccc2)C1)c1ccc(OC)cc1. The summed E-state index contributed by atoms with van der Waals surface area (Å²) in [5.74, 6) is 0.319. The molecule has 3 rings (SSSR count). The first-order valence-electron chi connectivity index (χ1n) is 9.95. The summed E-state index contributed by atoms with van der Waals surface area (Å²) in [4.78, 5) is 13.2. The molecule has 1 saturated heterocycles. The van der Waals surface area contributed by atoms with Gasteiger partial charge >= 0.3 is 0 Å². The Morgan fingerprint density at radius 2 is 1.86 bits per heavy atom. The maximum atomic E-state index is 12.9. The number of amides is 1. The summed E-state index contributed by atoms with van der Waals surface area (Å²) < 4.78 is 32.4. The number of nitrogens with zero attached hydrogens (tertiary/aromatic N) is 1. The minimum atomic E-state index is -3.58. The lowest BCUT2D eigenvalue weighted by Gasteiger charge is -2.32. The standard InChI is InChI=1S/C22H28N2O4S/c1-3-21(17-11-13-19(28-2)14-12-17)23-22(25)18-8-7-15-24(16-18)29(26,27)20-9-5-4-6-10-20/h4-6,9-14,18,21H,3,7-8,15-16H2,1-2H3,(H,23,25)/t18-,21-/m1/s1. The van der Waals surface area contributed by atoms with E-state index in [1.54, 1.807) is 37.4 Å². The third kappa shape index (κ3) is 4.97. The molecule has 1 fully saturated rings. The molecule has 7 heteroatoms. The lowest BCUT2D eigenvalue weighted by atomic mass is 9.97. The fourth-order valence-electron chi connectivity index (χ4n) is 3.66. The maximum Gasteiger partial charge on any atom is 0.243 e. The first-order valence-corrected chi connectivity index (χ1v) is 11.4. The van der Waals surface area contributed by atoms with Gasteiger partial charge in [0.05, 0.1) is 24.0 Å². The van der Waals surface area contributed by atoms with Crippen LogP contribution in [-0.4, -0.2) is 38.8 Å². The molecule has 0 unspecified atom stereocenters. The van der Waals surface area contributed by atoms with Crippen LogP contribution >= 0.6 is 0 Å². The second-order valence-corrected chi connectivity index (χ2v) is 9.20. The van der Waals surface area contributed by atoms with Crippen LogP contribution in [0.15, 0.2) is 59.5 Å². The Bertz CT molecular complexity index is 914. The van der Waals surface area contributed by atoms with Gasteiger partial charge in [-0.15, -0.1) is 0 Å². The largest absolute Gasteiger partial charge is 0.497 e. The number of carbonyl (C=O) groups excluding carboxylic acids is 1. The molecule has 1 aliphatic rings. The molecular formula is C22H28N2O4S. The molecule has 0 aromatic heterocycles. The number of hydrogen-bond donors (Lipinski definition) is 1. The Balaban J connectivity index is 1.68. The average Bonchev–Trinajstić information content (AvgIpc) is 2.78. The number of nitrogens with one attached hydrogen (secondary N) is 1. The molecule has 0 spiro atoms. The summed E-state index contributed by atoms with van der Waals surface area (Å²) in [6, 6.07) is 15.9. The van der Waals surface area contributed by atoms with E-state index in [-0.39, 0.29) is 29.3 Å². The van der Waals surface area contributed by atoms with Crippen molar-refractivity contribution >= 4 is 15.9 Å². The van der Waals surface area contributed by atoms with Gasteiger partial charge in [0.1, 0.15) is 5.75 Å². The van der Waals surface area contributed by atoms with Gasteiger partial charge in [0.15, 0.2) is 0 Å².